The lowest BCUT2D eigenvalue weighted by molar-refractivity contribution is -0.137. The third-order valence-corrected chi connectivity index (χ3v) is 5.81. The Balaban J connectivity index is 1.49. The van der Waals surface area contributed by atoms with Crippen molar-refractivity contribution in [1.82, 2.24) is 34.6 Å². The number of nitrogens with zero attached hydrogens (tertiary/aromatic N) is 7. The van der Waals surface area contributed by atoms with Gasteiger partial charge in [-0.3, -0.25) is 4.79 Å². The average molecular weight is 477 g/mol. The minimum absolute atomic E-state index is 0.0904. The quantitative estimate of drug-likeness (QED) is 0.482. The summed E-state index contributed by atoms with van der Waals surface area (Å²) in [4.78, 5) is 22.1. The van der Waals surface area contributed by atoms with Crippen LogP contribution in [0.15, 0.2) is 37.1 Å². The van der Waals surface area contributed by atoms with Gasteiger partial charge >= 0.3 is 6.18 Å². The maximum absolute atomic E-state index is 13.7. The molecule has 1 aliphatic rings. The summed E-state index contributed by atoms with van der Waals surface area (Å²) < 4.78 is 42.5. The monoisotopic (exact) mass is 476 g/mol. The van der Waals surface area contributed by atoms with Crippen molar-refractivity contribution >= 4 is 28.8 Å². The zero-order valence-electron chi connectivity index (χ0n) is 17.3. The second-order valence-electron chi connectivity index (χ2n) is 8.35. The number of amides is 1. The number of anilines is 1. The summed E-state index contributed by atoms with van der Waals surface area (Å²) >= 11 is 6.02. The smallest absolute Gasteiger partial charge is 0.324 e. The zero-order valence-corrected chi connectivity index (χ0v) is 18.1. The molecule has 33 heavy (non-hydrogen) atoms. The maximum Gasteiger partial charge on any atom is 0.420 e. The molecule has 1 aliphatic carbocycles. The molecule has 1 amide bonds. The van der Waals surface area contributed by atoms with Gasteiger partial charge in [0, 0.05) is 5.56 Å². The van der Waals surface area contributed by atoms with E-state index in [1.165, 1.54) is 12.4 Å². The fraction of sp³-hybridized carbons (Fsp3) is 0.300. The van der Waals surface area contributed by atoms with E-state index in [0.29, 0.717) is 17.6 Å². The standard InChI is InChI=1S/C20H16ClF3N8O/c1-19(2)6-11(12-8-28-31-9-14(21)30-17(31)15(12)19)18(33)29-10-5-13(20(22,23)24)16(25-7-10)32-26-3-4-27-32/h3-5,7-9,11H,6H2,1-2H3,(H,29,33)/t11-/m0/s1. The summed E-state index contributed by atoms with van der Waals surface area (Å²) in [6.45, 7) is 3.94. The second kappa shape index (κ2) is 7.24. The van der Waals surface area contributed by atoms with Crippen molar-refractivity contribution in [3.8, 4) is 5.82 Å². The largest absolute Gasteiger partial charge is 0.420 e. The molecule has 0 bridgehead atoms. The highest BCUT2D eigenvalue weighted by atomic mass is 35.5. The Morgan fingerprint density at radius 1 is 1.21 bits per heavy atom. The molecule has 0 radical (unpaired) electrons. The summed E-state index contributed by atoms with van der Waals surface area (Å²) in [5.41, 5.74) is 0.454. The van der Waals surface area contributed by atoms with Crippen molar-refractivity contribution in [2.75, 3.05) is 5.32 Å². The number of carbonyl (C=O) groups is 1. The number of fused-ring (bicyclic) bond motifs is 3. The first kappa shape index (κ1) is 21.3. The predicted molar refractivity (Wildman–Crippen MR) is 111 cm³/mol. The number of aromatic nitrogens is 7. The molecular formula is C20H16ClF3N8O. The molecule has 0 unspecified atom stereocenters. The molecule has 13 heteroatoms. The highest BCUT2D eigenvalue weighted by Crippen LogP contribution is 2.47. The predicted octanol–water partition coefficient (Wildman–Crippen LogP) is 3.78. The van der Waals surface area contributed by atoms with E-state index in [-0.39, 0.29) is 10.8 Å². The number of rotatable bonds is 3. The Kier molecular flexibility index (Phi) is 4.67. The molecule has 5 rings (SSSR count). The van der Waals surface area contributed by atoms with Crippen LogP contribution in [0.3, 0.4) is 0 Å². The number of carbonyl (C=O) groups excluding carboxylic acids is 1. The van der Waals surface area contributed by atoms with E-state index in [0.717, 1.165) is 22.6 Å². The van der Waals surface area contributed by atoms with Crippen LogP contribution in [0.5, 0.6) is 0 Å². The van der Waals surface area contributed by atoms with E-state index in [2.05, 4.69) is 30.6 Å². The minimum Gasteiger partial charge on any atom is -0.324 e. The van der Waals surface area contributed by atoms with Crippen molar-refractivity contribution in [2.24, 2.45) is 0 Å². The van der Waals surface area contributed by atoms with Gasteiger partial charge in [0.1, 0.15) is 10.7 Å². The summed E-state index contributed by atoms with van der Waals surface area (Å²) in [6, 6.07) is 0.820. The lowest BCUT2D eigenvalue weighted by Crippen LogP contribution is -2.22. The molecule has 0 fully saturated rings. The lowest BCUT2D eigenvalue weighted by Gasteiger charge is -2.19. The number of hydrogen-bond acceptors (Lipinski definition) is 6. The van der Waals surface area contributed by atoms with Crippen LogP contribution in [0.1, 0.15) is 42.9 Å². The molecule has 4 heterocycles. The van der Waals surface area contributed by atoms with Crippen LogP contribution in [0.2, 0.25) is 5.15 Å². The number of hydrogen-bond donors (Lipinski definition) is 1. The van der Waals surface area contributed by atoms with E-state index in [1.54, 1.807) is 16.9 Å². The number of halogens is 4. The van der Waals surface area contributed by atoms with Gasteiger partial charge in [-0.15, -0.1) is 4.80 Å². The Morgan fingerprint density at radius 2 is 1.94 bits per heavy atom. The van der Waals surface area contributed by atoms with Crippen LogP contribution in [0.25, 0.3) is 11.5 Å². The first-order valence-electron chi connectivity index (χ1n) is 9.83. The highest BCUT2D eigenvalue weighted by molar-refractivity contribution is 6.29. The topological polar surface area (TPSA) is 103 Å². The van der Waals surface area contributed by atoms with Gasteiger partial charge in [0.05, 0.1) is 42.6 Å². The molecule has 170 valence electrons. The molecule has 4 aromatic rings. The number of imidazole rings is 1. The Bertz CT molecular complexity index is 1380. The molecule has 0 saturated heterocycles. The lowest BCUT2D eigenvalue weighted by atomic mass is 9.86. The van der Waals surface area contributed by atoms with Gasteiger partial charge < -0.3 is 5.32 Å². The molecule has 1 atom stereocenters. The Hall–Kier alpha value is -3.54. The fourth-order valence-electron chi connectivity index (χ4n) is 4.28. The molecule has 0 aromatic carbocycles. The van der Waals surface area contributed by atoms with Crippen molar-refractivity contribution in [3.05, 3.63) is 58.9 Å². The Labute approximate surface area is 189 Å². The van der Waals surface area contributed by atoms with Crippen LogP contribution in [0.4, 0.5) is 18.9 Å². The normalized spacial score (nSPS) is 17.3. The second-order valence-corrected chi connectivity index (χ2v) is 8.74. The van der Waals surface area contributed by atoms with Crippen molar-refractivity contribution in [2.45, 2.75) is 37.8 Å². The summed E-state index contributed by atoms with van der Waals surface area (Å²) in [5.74, 6) is -1.59. The van der Waals surface area contributed by atoms with Gasteiger partial charge in [0.25, 0.3) is 0 Å². The highest BCUT2D eigenvalue weighted by Gasteiger charge is 2.43. The van der Waals surface area contributed by atoms with Crippen molar-refractivity contribution in [3.63, 3.8) is 0 Å². The van der Waals surface area contributed by atoms with E-state index >= 15 is 0 Å². The van der Waals surface area contributed by atoms with Crippen LogP contribution in [-0.2, 0) is 16.4 Å². The zero-order chi connectivity index (χ0) is 23.5. The van der Waals surface area contributed by atoms with Gasteiger partial charge in [0.15, 0.2) is 11.5 Å². The van der Waals surface area contributed by atoms with Crippen molar-refractivity contribution in [1.29, 1.82) is 0 Å². The van der Waals surface area contributed by atoms with Crippen LogP contribution in [-0.4, -0.2) is 40.5 Å². The van der Waals surface area contributed by atoms with Gasteiger partial charge in [-0.1, -0.05) is 25.4 Å². The number of pyridine rings is 1. The van der Waals surface area contributed by atoms with E-state index in [1.807, 2.05) is 13.8 Å². The van der Waals surface area contributed by atoms with E-state index < -0.39 is 34.8 Å². The molecule has 0 saturated carbocycles. The van der Waals surface area contributed by atoms with Crippen molar-refractivity contribution < 1.29 is 18.0 Å². The molecule has 4 aromatic heterocycles. The van der Waals surface area contributed by atoms with Gasteiger partial charge in [-0.2, -0.15) is 28.5 Å². The first-order chi connectivity index (χ1) is 15.5. The number of alkyl halides is 3. The van der Waals surface area contributed by atoms with Gasteiger partial charge in [-0.05, 0) is 23.5 Å². The molecular weight excluding hydrogens is 461 g/mol. The number of nitrogens with one attached hydrogen (secondary N) is 1. The Morgan fingerprint density at radius 3 is 2.64 bits per heavy atom. The van der Waals surface area contributed by atoms with Crippen LogP contribution >= 0.6 is 11.6 Å². The van der Waals surface area contributed by atoms with Gasteiger partial charge in [0.2, 0.25) is 5.91 Å². The maximum atomic E-state index is 13.7. The molecule has 0 aliphatic heterocycles. The van der Waals surface area contributed by atoms with Crippen LogP contribution in [0, 0.1) is 0 Å². The third kappa shape index (κ3) is 3.59. The third-order valence-electron chi connectivity index (χ3n) is 5.62. The van der Waals surface area contributed by atoms with E-state index in [4.69, 9.17) is 11.6 Å². The summed E-state index contributed by atoms with van der Waals surface area (Å²) in [6.07, 6.45) is 2.47. The minimum atomic E-state index is -4.73. The fourth-order valence-corrected chi connectivity index (χ4v) is 4.45. The molecule has 9 nitrogen and oxygen atoms in total. The van der Waals surface area contributed by atoms with E-state index in [9.17, 15) is 18.0 Å². The summed E-state index contributed by atoms with van der Waals surface area (Å²) in [7, 11) is 0. The average Bonchev–Trinajstić information content (AvgIpc) is 3.44. The first-order valence-corrected chi connectivity index (χ1v) is 10.2. The molecule has 1 N–H and O–H groups in total. The summed E-state index contributed by atoms with van der Waals surface area (Å²) in [5, 5.41) is 14.5. The molecule has 0 spiro atoms. The SMILES string of the molecule is CC1(C)C[C@H](C(=O)Nc2cnc(-n3nccn3)c(C(F)(F)F)c2)c2cnn3cc(Cl)nc3c21. The van der Waals surface area contributed by atoms with Gasteiger partial charge in [-0.25, -0.2) is 14.5 Å². The van der Waals surface area contributed by atoms with Crippen LogP contribution < -0.4 is 5.32 Å².